The molecule has 0 bridgehead atoms. The number of carbonyl (C=O) groups is 2. The summed E-state index contributed by atoms with van der Waals surface area (Å²) in [6.07, 6.45) is 2.07. The van der Waals surface area contributed by atoms with E-state index in [1.807, 2.05) is 44.2 Å². The van der Waals surface area contributed by atoms with Crippen LogP contribution in [0.2, 0.25) is 10.0 Å². The fourth-order valence-corrected chi connectivity index (χ4v) is 6.00. The molecule has 3 aromatic carbocycles. The maximum atomic E-state index is 14.0. The minimum absolute atomic E-state index is 0.00667. The maximum absolute atomic E-state index is 14.0. The fourth-order valence-electron chi connectivity index (χ4n) is 4.12. The summed E-state index contributed by atoms with van der Waals surface area (Å²) < 4.78 is 28.6. The van der Waals surface area contributed by atoms with Crippen molar-refractivity contribution in [3.05, 3.63) is 94.5 Å². The largest absolute Gasteiger partial charge is 0.354 e. The Bertz CT molecular complexity index is 1360. The van der Waals surface area contributed by atoms with Crippen LogP contribution in [0.25, 0.3) is 0 Å². The van der Waals surface area contributed by atoms with Crippen molar-refractivity contribution in [1.29, 1.82) is 0 Å². The third-order valence-electron chi connectivity index (χ3n) is 6.20. The van der Waals surface area contributed by atoms with Crippen molar-refractivity contribution in [1.82, 2.24) is 10.2 Å². The van der Waals surface area contributed by atoms with E-state index >= 15 is 0 Å². The van der Waals surface area contributed by atoms with Crippen molar-refractivity contribution in [3.63, 3.8) is 0 Å². The molecule has 1 atom stereocenters. The van der Waals surface area contributed by atoms with Crippen LogP contribution in [0.4, 0.5) is 5.69 Å². The van der Waals surface area contributed by atoms with Gasteiger partial charge in [0.05, 0.1) is 15.6 Å². The molecule has 10 heteroatoms. The first kappa shape index (κ1) is 30.5. The summed E-state index contributed by atoms with van der Waals surface area (Å²) >= 11 is 12.6. The molecule has 0 aliphatic heterocycles. The van der Waals surface area contributed by atoms with E-state index in [-0.39, 0.29) is 33.1 Å². The van der Waals surface area contributed by atoms with Gasteiger partial charge in [0.2, 0.25) is 11.8 Å². The summed E-state index contributed by atoms with van der Waals surface area (Å²) in [5.74, 6) is -0.833. The van der Waals surface area contributed by atoms with Gasteiger partial charge in [0.15, 0.2) is 0 Å². The molecule has 2 amide bonds. The Labute approximate surface area is 240 Å². The number of anilines is 1. The van der Waals surface area contributed by atoms with Gasteiger partial charge in [-0.05, 0) is 48.7 Å². The van der Waals surface area contributed by atoms with E-state index in [0.29, 0.717) is 13.0 Å². The zero-order valence-corrected chi connectivity index (χ0v) is 24.3. The zero-order valence-electron chi connectivity index (χ0n) is 22.0. The SMILES string of the molecule is CCCCNC(=O)[C@@H](CC)N(Cc1ccccc1)C(=O)CN(c1cc(Cl)ccc1Cl)S(=O)(=O)c1ccccc1. The minimum Gasteiger partial charge on any atom is -0.354 e. The van der Waals surface area contributed by atoms with Crippen LogP contribution in [0.5, 0.6) is 0 Å². The van der Waals surface area contributed by atoms with Gasteiger partial charge in [-0.15, -0.1) is 0 Å². The molecule has 0 fully saturated rings. The molecule has 0 saturated heterocycles. The van der Waals surface area contributed by atoms with E-state index < -0.39 is 28.5 Å². The monoisotopic (exact) mass is 589 g/mol. The van der Waals surface area contributed by atoms with Crippen LogP contribution < -0.4 is 9.62 Å². The van der Waals surface area contributed by atoms with E-state index in [2.05, 4.69) is 5.32 Å². The number of carbonyl (C=O) groups excluding carboxylic acids is 2. The van der Waals surface area contributed by atoms with Crippen molar-refractivity contribution in [2.45, 2.75) is 50.6 Å². The number of halogens is 2. The fraction of sp³-hybridized carbons (Fsp3) is 0.310. The average Bonchev–Trinajstić information content (AvgIpc) is 2.94. The van der Waals surface area contributed by atoms with Gasteiger partial charge in [-0.3, -0.25) is 13.9 Å². The van der Waals surface area contributed by atoms with E-state index in [1.54, 1.807) is 18.2 Å². The van der Waals surface area contributed by atoms with Crippen LogP contribution in [0.3, 0.4) is 0 Å². The molecule has 1 N–H and O–H groups in total. The lowest BCUT2D eigenvalue weighted by atomic mass is 10.1. The Morgan fingerprint density at radius 1 is 0.923 bits per heavy atom. The van der Waals surface area contributed by atoms with Gasteiger partial charge >= 0.3 is 0 Å². The van der Waals surface area contributed by atoms with E-state index in [0.717, 1.165) is 22.7 Å². The van der Waals surface area contributed by atoms with Crippen LogP contribution >= 0.6 is 23.2 Å². The maximum Gasteiger partial charge on any atom is 0.264 e. The predicted octanol–water partition coefficient (Wildman–Crippen LogP) is 5.91. The number of amides is 2. The Morgan fingerprint density at radius 2 is 1.56 bits per heavy atom. The van der Waals surface area contributed by atoms with Gasteiger partial charge in [0.25, 0.3) is 10.0 Å². The minimum atomic E-state index is -4.22. The number of unbranched alkanes of at least 4 members (excludes halogenated alkanes) is 1. The lowest BCUT2D eigenvalue weighted by molar-refractivity contribution is -0.140. The van der Waals surface area contributed by atoms with Crippen molar-refractivity contribution in [3.8, 4) is 0 Å². The molecule has 0 unspecified atom stereocenters. The molecular weight excluding hydrogens is 557 g/mol. The number of nitrogens with one attached hydrogen (secondary N) is 1. The molecule has 0 aliphatic carbocycles. The molecule has 3 rings (SSSR count). The van der Waals surface area contributed by atoms with Crippen molar-refractivity contribution in [2.24, 2.45) is 0 Å². The van der Waals surface area contributed by atoms with Gasteiger partial charge in [-0.25, -0.2) is 8.42 Å². The molecule has 0 radical (unpaired) electrons. The molecule has 0 spiro atoms. The summed E-state index contributed by atoms with van der Waals surface area (Å²) in [4.78, 5) is 28.6. The van der Waals surface area contributed by atoms with Gasteiger partial charge in [0, 0.05) is 18.1 Å². The smallest absolute Gasteiger partial charge is 0.264 e. The van der Waals surface area contributed by atoms with Gasteiger partial charge in [-0.2, -0.15) is 0 Å². The zero-order chi connectivity index (χ0) is 28.4. The average molecular weight is 591 g/mol. The van der Waals surface area contributed by atoms with E-state index in [1.165, 1.54) is 35.2 Å². The van der Waals surface area contributed by atoms with Crippen molar-refractivity contribution in [2.75, 3.05) is 17.4 Å². The lowest BCUT2D eigenvalue weighted by Crippen LogP contribution is -2.52. The van der Waals surface area contributed by atoms with Crippen LogP contribution in [-0.2, 0) is 26.2 Å². The molecule has 3 aromatic rings. The Hall–Kier alpha value is -3.07. The van der Waals surface area contributed by atoms with Crippen molar-refractivity contribution < 1.29 is 18.0 Å². The quantitative estimate of drug-likeness (QED) is 0.251. The van der Waals surface area contributed by atoms with Crippen LogP contribution in [0.15, 0.2) is 83.8 Å². The highest BCUT2D eigenvalue weighted by molar-refractivity contribution is 7.92. The Morgan fingerprint density at radius 3 is 2.18 bits per heavy atom. The summed E-state index contributed by atoms with van der Waals surface area (Å²) in [7, 11) is -4.22. The number of benzene rings is 3. The molecule has 208 valence electrons. The first-order valence-corrected chi connectivity index (χ1v) is 15.0. The lowest BCUT2D eigenvalue weighted by Gasteiger charge is -2.33. The highest BCUT2D eigenvalue weighted by Crippen LogP contribution is 2.33. The molecular formula is C29H33Cl2N3O4S. The van der Waals surface area contributed by atoms with E-state index in [9.17, 15) is 18.0 Å². The molecule has 0 heterocycles. The van der Waals surface area contributed by atoms with E-state index in [4.69, 9.17) is 23.2 Å². The molecule has 0 aromatic heterocycles. The summed E-state index contributed by atoms with van der Waals surface area (Å²) in [6, 6.07) is 20.7. The molecule has 0 saturated carbocycles. The number of hydrogen-bond acceptors (Lipinski definition) is 4. The first-order chi connectivity index (χ1) is 18.7. The molecule has 0 aliphatic rings. The van der Waals surface area contributed by atoms with Crippen molar-refractivity contribution >= 4 is 50.7 Å². The molecule has 7 nitrogen and oxygen atoms in total. The summed E-state index contributed by atoms with van der Waals surface area (Å²) in [5, 5.41) is 3.29. The predicted molar refractivity (Wildman–Crippen MR) is 156 cm³/mol. The van der Waals surface area contributed by atoms with Gasteiger partial charge in [-0.1, -0.05) is 92.0 Å². The van der Waals surface area contributed by atoms with Crippen LogP contribution in [-0.4, -0.2) is 44.3 Å². The number of sulfonamides is 1. The Kier molecular flexibility index (Phi) is 11.2. The third kappa shape index (κ3) is 7.97. The highest BCUT2D eigenvalue weighted by atomic mass is 35.5. The van der Waals surface area contributed by atoms with Gasteiger partial charge < -0.3 is 10.2 Å². The van der Waals surface area contributed by atoms with Gasteiger partial charge in [0.1, 0.15) is 12.6 Å². The molecule has 39 heavy (non-hydrogen) atoms. The topological polar surface area (TPSA) is 86.8 Å². The number of nitrogens with zero attached hydrogens (tertiary/aromatic N) is 2. The summed E-state index contributed by atoms with van der Waals surface area (Å²) in [6.45, 7) is 3.88. The third-order valence-corrected chi connectivity index (χ3v) is 8.53. The standard InChI is InChI=1S/C29H33Cl2N3O4S/c1-3-5-18-32-29(36)26(4-2)33(20-22-12-8-6-9-13-22)28(35)21-34(27-19-23(30)16-17-25(27)31)39(37,38)24-14-10-7-11-15-24/h6-17,19,26H,3-5,18,20-21H2,1-2H3,(H,32,36)/t26-/m1/s1. The highest BCUT2D eigenvalue weighted by Gasteiger charge is 2.34. The Balaban J connectivity index is 2.05. The number of hydrogen-bond donors (Lipinski definition) is 1. The second-order valence-electron chi connectivity index (χ2n) is 9.00. The van der Waals surface area contributed by atoms with Crippen LogP contribution in [0.1, 0.15) is 38.7 Å². The second-order valence-corrected chi connectivity index (χ2v) is 11.7. The first-order valence-electron chi connectivity index (χ1n) is 12.8. The second kappa shape index (κ2) is 14.4. The van der Waals surface area contributed by atoms with Crippen LogP contribution in [0, 0.1) is 0 Å². The number of rotatable bonds is 13. The summed E-state index contributed by atoms with van der Waals surface area (Å²) in [5.41, 5.74) is 0.880. The normalized spacial score (nSPS) is 12.0.